The zero-order chi connectivity index (χ0) is 21.1. The quantitative estimate of drug-likeness (QED) is 0.505. The van der Waals surface area contributed by atoms with Crippen LogP contribution in [0.4, 0.5) is 5.69 Å². The molecule has 1 aliphatic heterocycles. The number of benzene rings is 2. The van der Waals surface area contributed by atoms with Gasteiger partial charge in [-0.2, -0.15) is 0 Å². The van der Waals surface area contributed by atoms with Crippen LogP contribution >= 0.6 is 27.5 Å². The van der Waals surface area contributed by atoms with Crippen LogP contribution in [0.3, 0.4) is 0 Å². The lowest BCUT2D eigenvalue weighted by Crippen LogP contribution is -2.32. The summed E-state index contributed by atoms with van der Waals surface area (Å²) in [7, 11) is 0. The summed E-state index contributed by atoms with van der Waals surface area (Å²) in [6.45, 7) is 1.19. The van der Waals surface area contributed by atoms with Crippen LogP contribution in [0.1, 0.15) is 32.7 Å². The van der Waals surface area contributed by atoms with Gasteiger partial charge in [-0.25, -0.2) is 0 Å². The van der Waals surface area contributed by atoms with E-state index in [1.807, 2.05) is 0 Å². The van der Waals surface area contributed by atoms with E-state index in [1.54, 1.807) is 43.3 Å². The summed E-state index contributed by atoms with van der Waals surface area (Å²) in [5, 5.41) is 3.05. The molecule has 150 valence electrons. The number of amides is 3. The van der Waals surface area contributed by atoms with E-state index in [-0.39, 0.29) is 13.0 Å². The maximum atomic E-state index is 12.2. The fourth-order valence-electron chi connectivity index (χ4n) is 2.83. The molecule has 0 bridgehead atoms. The number of fused-ring (bicyclic) bond motifs is 1. The number of rotatable bonds is 6. The van der Waals surface area contributed by atoms with E-state index in [1.165, 1.54) is 0 Å². The molecule has 0 aromatic heterocycles. The molecule has 0 unspecified atom stereocenters. The van der Waals surface area contributed by atoms with E-state index >= 15 is 0 Å². The number of nitrogens with one attached hydrogen (secondary N) is 1. The van der Waals surface area contributed by atoms with Gasteiger partial charge in [0.05, 0.1) is 22.6 Å². The number of aryl methyl sites for hydroxylation is 1. The molecule has 0 saturated carbocycles. The highest BCUT2D eigenvalue weighted by Crippen LogP contribution is 2.29. The van der Waals surface area contributed by atoms with Crippen molar-refractivity contribution in [2.45, 2.75) is 13.3 Å². The van der Waals surface area contributed by atoms with E-state index in [0.29, 0.717) is 26.3 Å². The smallest absolute Gasteiger partial charge is 0.308 e. The van der Waals surface area contributed by atoms with Crippen LogP contribution in [0.15, 0.2) is 40.9 Å². The predicted octanol–water partition coefficient (Wildman–Crippen LogP) is 3.58. The molecule has 3 rings (SSSR count). The summed E-state index contributed by atoms with van der Waals surface area (Å²) in [5.41, 5.74) is 1.92. The molecule has 1 aliphatic rings. The number of anilines is 1. The van der Waals surface area contributed by atoms with Crippen molar-refractivity contribution in [1.29, 1.82) is 0 Å². The number of imide groups is 1. The van der Waals surface area contributed by atoms with Crippen LogP contribution in [-0.2, 0) is 14.3 Å². The van der Waals surface area contributed by atoms with E-state index in [9.17, 15) is 19.2 Å². The number of carbonyl (C=O) groups is 4. The van der Waals surface area contributed by atoms with Crippen LogP contribution in [0.25, 0.3) is 0 Å². The largest absolute Gasteiger partial charge is 0.456 e. The van der Waals surface area contributed by atoms with Crippen LogP contribution < -0.4 is 5.32 Å². The minimum atomic E-state index is -0.692. The fourth-order valence-corrected chi connectivity index (χ4v) is 3.45. The van der Waals surface area contributed by atoms with Crippen LogP contribution in [0, 0.1) is 6.92 Å². The van der Waals surface area contributed by atoms with Gasteiger partial charge in [0, 0.05) is 16.7 Å². The second-order valence-electron chi connectivity index (χ2n) is 6.35. The van der Waals surface area contributed by atoms with Crippen molar-refractivity contribution in [3.8, 4) is 0 Å². The molecule has 0 atom stereocenters. The topological polar surface area (TPSA) is 92.8 Å². The summed E-state index contributed by atoms with van der Waals surface area (Å²) in [5.74, 6) is -2.11. The first-order valence-corrected chi connectivity index (χ1v) is 9.81. The SMILES string of the molecule is Cc1cc(Br)c(Cl)cc1NC(=O)COC(=O)CCN1C(=O)c2ccccc2C1=O. The van der Waals surface area contributed by atoms with Gasteiger partial charge in [-0.15, -0.1) is 0 Å². The molecule has 0 fully saturated rings. The second kappa shape index (κ2) is 8.75. The Labute approximate surface area is 180 Å². The number of hydrogen-bond donors (Lipinski definition) is 1. The molecular formula is C20H16BrClN2O5. The normalized spacial score (nSPS) is 12.7. The van der Waals surface area contributed by atoms with Gasteiger partial charge in [0.25, 0.3) is 17.7 Å². The molecule has 0 aliphatic carbocycles. The maximum Gasteiger partial charge on any atom is 0.308 e. The van der Waals surface area contributed by atoms with Crippen LogP contribution in [0.2, 0.25) is 5.02 Å². The van der Waals surface area contributed by atoms with Gasteiger partial charge in [0.1, 0.15) is 0 Å². The van der Waals surface area contributed by atoms with Crippen LogP contribution in [0.5, 0.6) is 0 Å². The Morgan fingerprint density at radius 3 is 2.38 bits per heavy atom. The summed E-state index contributed by atoms with van der Waals surface area (Å²) in [6.07, 6.45) is -0.206. The minimum Gasteiger partial charge on any atom is -0.456 e. The van der Waals surface area contributed by atoms with Gasteiger partial charge in [0.2, 0.25) is 0 Å². The van der Waals surface area contributed by atoms with E-state index in [4.69, 9.17) is 16.3 Å². The van der Waals surface area contributed by atoms with Crippen molar-refractivity contribution in [3.63, 3.8) is 0 Å². The lowest BCUT2D eigenvalue weighted by Gasteiger charge is -2.13. The Bertz CT molecular complexity index is 989. The standard InChI is InChI=1S/C20H16BrClN2O5/c1-11-8-14(21)15(22)9-16(11)23-17(25)10-29-18(26)6-7-24-19(27)12-4-2-3-5-13(12)20(24)28/h2-5,8-9H,6-7,10H2,1H3,(H,23,25). The Balaban J connectivity index is 1.48. The van der Waals surface area contributed by atoms with Crippen molar-refractivity contribution in [3.05, 3.63) is 62.6 Å². The highest BCUT2D eigenvalue weighted by molar-refractivity contribution is 9.10. The first kappa shape index (κ1) is 21.0. The minimum absolute atomic E-state index is 0.117. The lowest BCUT2D eigenvalue weighted by atomic mass is 10.1. The average Bonchev–Trinajstić information content (AvgIpc) is 2.93. The molecule has 29 heavy (non-hydrogen) atoms. The van der Waals surface area contributed by atoms with E-state index in [2.05, 4.69) is 21.2 Å². The molecule has 0 radical (unpaired) electrons. The molecule has 2 aromatic rings. The van der Waals surface area contributed by atoms with E-state index in [0.717, 1.165) is 10.5 Å². The van der Waals surface area contributed by atoms with Crippen molar-refractivity contribution >= 4 is 56.9 Å². The number of carbonyl (C=O) groups excluding carboxylic acids is 4. The fraction of sp³-hybridized carbons (Fsp3) is 0.200. The molecule has 1 heterocycles. The lowest BCUT2D eigenvalue weighted by molar-refractivity contribution is -0.147. The first-order valence-electron chi connectivity index (χ1n) is 8.64. The third-order valence-electron chi connectivity index (χ3n) is 4.32. The van der Waals surface area contributed by atoms with Gasteiger partial charge in [-0.1, -0.05) is 23.7 Å². The molecule has 9 heteroatoms. The predicted molar refractivity (Wildman–Crippen MR) is 110 cm³/mol. The Morgan fingerprint density at radius 2 is 1.76 bits per heavy atom. The Hall–Kier alpha value is -2.71. The molecule has 2 aromatic carbocycles. The summed E-state index contributed by atoms with van der Waals surface area (Å²) >= 11 is 9.31. The molecule has 0 spiro atoms. The molecule has 7 nitrogen and oxygen atoms in total. The number of halogens is 2. The molecule has 3 amide bonds. The third kappa shape index (κ3) is 4.65. The van der Waals surface area contributed by atoms with Gasteiger partial charge >= 0.3 is 5.97 Å². The van der Waals surface area contributed by atoms with Crippen molar-refractivity contribution in [2.24, 2.45) is 0 Å². The van der Waals surface area contributed by atoms with E-state index < -0.39 is 30.3 Å². The average molecular weight is 480 g/mol. The van der Waals surface area contributed by atoms with Gasteiger partial charge in [0.15, 0.2) is 6.61 Å². The van der Waals surface area contributed by atoms with Gasteiger partial charge < -0.3 is 10.1 Å². The second-order valence-corrected chi connectivity index (χ2v) is 7.61. The number of esters is 1. The monoisotopic (exact) mass is 478 g/mol. The Morgan fingerprint density at radius 1 is 1.14 bits per heavy atom. The van der Waals surface area contributed by atoms with Crippen LogP contribution in [-0.4, -0.2) is 41.7 Å². The zero-order valence-electron chi connectivity index (χ0n) is 15.3. The highest BCUT2D eigenvalue weighted by atomic mass is 79.9. The number of ether oxygens (including phenoxy) is 1. The number of nitrogens with zero attached hydrogens (tertiary/aromatic N) is 1. The Kier molecular flexibility index (Phi) is 6.34. The first-order chi connectivity index (χ1) is 13.8. The van der Waals surface area contributed by atoms with Gasteiger partial charge in [-0.3, -0.25) is 24.1 Å². The summed E-state index contributed by atoms with van der Waals surface area (Å²) in [4.78, 5) is 49.4. The molecule has 0 saturated heterocycles. The third-order valence-corrected chi connectivity index (χ3v) is 5.52. The molecular weight excluding hydrogens is 464 g/mol. The number of hydrogen-bond acceptors (Lipinski definition) is 5. The van der Waals surface area contributed by atoms with Crippen molar-refractivity contribution < 1.29 is 23.9 Å². The summed E-state index contributed by atoms with van der Waals surface area (Å²) in [6, 6.07) is 9.81. The van der Waals surface area contributed by atoms with Crippen molar-refractivity contribution in [2.75, 3.05) is 18.5 Å². The van der Waals surface area contributed by atoms with Gasteiger partial charge in [-0.05, 0) is 52.7 Å². The zero-order valence-corrected chi connectivity index (χ0v) is 17.7. The maximum absolute atomic E-state index is 12.2. The highest BCUT2D eigenvalue weighted by Gasteiger charge is 2.35. The summed E-state index contributed by atoms with van der Waals surface area (Å²) < 4.78 is 5.64. The molecule has 1 N–H and O–H groups in total. The van der Waals surface area contributed by atoms with Crippen molar-refractivity contribution in [1.82, 2.24) is 4.90 Å².